The number of benzene rings is 2. The number of aromatic hydroxyl groups is 1. The van der Waals surface area contributed by atoms with Crippen LogP contribution in [-0.4, -0.2) is 81.1 Å². The molecule has 11 heteroatoms. The van der Waals surface area contributed by atoms with Crippen LogP contribution in [0.5, 0.6) is 5.75 Å². The van der Waals surface area contributed by atoms with Crippen molar-refractivity contribution in [3.05, 3.63) is 70.0 Å². The number of ether oxygens (including phenoxy) is 1. The van der Waals surface area contributed by atoms with Crippen LogP contribution in [0.3, 0.4) is 0 Å². The number of aliphatic hydroxyl groups excluding tert-OH is 2. The molecule has 4 atom stereocenters. The predicted molar refractivity (Wildman–Crippen MR) is 146 cm³/mol. The van der Waals surface area contributed by atoms with Crippen molar-refractivity contribution in [2.45, 2.75) is 31.4 Å². The third-order valence-corrected chi connectivity index (χ3v) is 8.29. The molecule has 0 unspecified atom stereocenters. The highest BCUT2D eigenvalue weighted by atomic mass is 16.5. The minimum atomic E-state index is -2.70. The highest BCUT2D eigenvalue weighted by Crippen LogP contribution is 2.53. The molecular formula is C30H30N2O9. The number of ketones is 2. The number of carbonyl (C=O) groups is 4. The topological polar surface area (TPSA) is 188 Å². The fourth-order valence-electron chi connectivity index (χ4n) is 6.54. The Labute approximate surface area is 235 Å². The average Bonchev–Trinajstić information content (AvgIpc) is 2.90. The van der Waals surface area contributed by atoms with Gasteiger partial charge in [-0.1, -0.05) is 18.2 Å². The number of aliphatic hydroxyl groups is 3. The van der Waals surface area contributed by atoms with Gasteiger partial charge in [-0.3, -0.25) is 19.3 Å². The number of phenolic OH excluding ortho intramolecular Hbond substituents is 1. The van der Waals surface area contributed by atoms with Gasteiger partial charge < -0.3 is 30.9 Å². The zero-order valence-electron chi connectivity index (χ0n) is 22.7. The molecule has 11 nitrogen and oxygen atoms in total. The van der Waals surface area contributed by atoms with Gasteiger partial charge in [-0.2, -0.15) is 0 Å². The van der Waals surface area contributed by atoms with E-state index in [9.17, 15) is 39.6 Å². The first-order valence-corrected chi connectivity index (χ1v) is 13.1. The van der Waals surface area contributed by atoms with Crippen molar-refractivity contribution in [3.63, 3.8) is 0 Å². The van der Waals surface area contributed by atoms with Gasteiger partial charge >= 0.3 is 5.97 Å². The zero-order chi connectivity index (χ0) is 30.0. The van der Waals surface area contributed by atoms with E-state index in [-0.39, 0.29) is 36.3 Å². The number of Topliss-reactive ketones (excluding diaryl/α,β-unsaturated/α-hetero) is 2. The van der Waals surface area contributed by atoms with Crippen LogP contribution in [0.1, 0.15) is 34.8 Å². The molecule has 0 aromatic heterocycles. The summed E-state index contributed by atoms with van der Waals surface area (Å²) in [4.78, 5) is 53.1. The van der Waals surface area contributed by atoms with Gasteiger partial charge in [-0.15, -0.1) is 0 Å². The summed E-state index contributed by atoms with van der Waals surface area (Å²) < 4.78 is 5.11. The van der Waals surface area contributed by atoms with Crippen LogP contribution in [0.15, 0.2) is 53.3 Å². The maximum Gasteiger partial charge on any atom is 0.338 e. The van der Waals surface area contributed by atoms with Gasteiger partial charge in [0.15, 0.2) is 11.4 Å². The number of nitrogens with two attached hydrogens (primary N) is 1. The minimum Gasteiger partial charge on any atom is -0.508 e. The Kier molecular flexibility index (Phi) is 6.75. The van der Waals surface area contributed by atoms with Crippen molar-refractivity contribution in [3.8, 4) is 16.9 Å². The number of primary amides is 1. The fourth-order valence-corrected chi connectivity index (χ4v) is 6.54. The van der Waals surface area contributed by atoms with E-state index in [4.69, 9.17) is 10.5 Å². The Morgan fingerprint density at radius 1 is 1.12 bits per heavy atom. The number of amides is 1. The molecule has 2 aromatic carbocycles. The maximum absolute atomic E-state index is 14.0. The van der Waals surface area contributed by atoms with E-state index in [0.29, 0.717) is 22.3 Å². The molecule has 0 saturated heterocycles. The molecule has 0 bridgehead atoms. The number of hydrogen-bond acceptors (Lipinski definition) is 10. The zero-order valence-corrected chi connectivity index (χ0v) is 22.7. The second-order valence-electron chi connectivity index (χ2n) is 10.7. The van der Waals surface area contributed by atoms with E-state index in [2.05, 4.69) is 0 Å². The molecule has 6 N–H and O–H groups in total. The SMILES string of the molecule is CCOC(=O)c1cccc(-c2ccc(O)c3c2C[C@H]2C[C@H]4[C@H](N(C)C)C(=O)C(C(N)=O)=C(O)[C@@]4(O)C(=O)C2=C3O)c1. The molecule has 1 fully saturated rings. The number of fused-ring (bicyclic) bond motifs is 3. The van der Waals surface area contributed by atoms with Crippen LogP contribution in [0.25, 0.3) is 16.9 Å². The van der Waals surface area contributed by atoms with Gasteiger partial charge in [0.05, 0.1) is 23.8 Å². The van der Waals surface area contributed by atoms with Crippen LogP contribution in [0, 0.1) is 11.8 Å². The smallest absolute Gasteiger partial charge is 0.338 e. The summed E-state index contributed by atoms with van der Waals surface area (Å²) in [6, 6.07) is 8.48. The van der Waals surface area contributed by atoms with Crippen molar-refractivity contribution in [2.24, 2.45) is 17.6 Å². The summed E-state index contributed by atoms with van der Waals surface area (Å²) >= 11 is 0. The lowest BCUT2D eigenvalue weighted by molar-refractivity contribution is -0.153. The Balaban J connectivity index is 1.70. The Hall–Kier alpha value is -4.48. The van der Waals surface area contributed by atoms with Crippen molar-refractivity contribution in [2.75, 3.05) is 20.7 Å². The highest BCUT2D eigenvalue weighted by Gasteiger charge is 2.64. The molecule has 0 aliphatic heterocycles. The Morgan fingerprint density at radius 2 is 1.83 bits per heavy atom. The molecule has 0 spiro atoms. The lowest BCUT2D eigenvalue weighted by Crippen LogP contribution is -2.65. The number of esters is 1. The molecule has 214 valence electrons. The molecule has 0 heterocycles. The van der Waals surface area contributed by atoms with Crippen LogP contribution >= 0.6 is 0 Å². The number of rotatable bonds is 5. The number of carbonyl (C=O) groups excluding carboxylic acids is 4. The molecule has 41 heavy (non-hydrogen) atoms. The Morgan fingerprint density at radius 3 is 2.46 bits per heavy atom. The number of nitrogens with zero attached hydrogens (tertiary/aromatic N) is 1. The van der Waals surface area contributed by atoms with E-state index in [1.807, 2.05) is 0 Å². The molecule has 3 aliphatic carbocycles. The van der Waals surface area contributed by atoms with E-state index < -0.39 is 64.0 Å². The summed E-state index contributed by atoms with van der Waals surface area (Å²) in [7, 11) is 3.08. The second-order valence-corrected chi connectivity index (χ2v) is 10.7. The molecule has 1 amide bonds. The third kappa shape index (κ3) is 4.03. The summed E-state index contributed by atoms with van der Waals surface area (Å²) in [6.45, 7) is 1.90. The van der Waals surface area contributed by atoms with E-state index in [1.54, 1.807) is 51.4 Å². The van der Waals surface area contributed by atoms with E-state index in [1.165, 1.54) is 11.0 Å². The number of phenols is 1. The molecule has 3 aliphatic rings. The monoisotopic (exact) mass is 562 g/mol. The second kappa shape index (κ2) is 9.86. The first-order chi connectivity index (χ1) is 19.3. The summed E-state index contributed by atoms with van der Waals surface area (Å²) in [6.07, 6.45) is 0.103. The maximum atomic E-state index is 14.0. The molecule has 1 saturated carbocycles. The average molecular weight is 563 g/mol. The predicted octanol–water partition coefficient (Wildman–Crippen LogP) is 1.81. The highest BCUT2D eigenvalue weighted by molar-refractivity contribution is 6.24. The van der Waals surface area contributed by atoms with Crippen LogP contribution in [0.4, 0.5) is 0 Å². The molecule has 0 radical (unpaired) electrons. The van der Waals surface area contributed by atoms with E-state index in [0.717, 1.165) is 0 Å². The number of likely N-dealkylation sites (N-methyl/N-ethyl adjacent to an activating group) is 1. The van der Waals surface area contributed by atoms with Crippen molar-refractivity contribution in [1.29, 1.82) is 0 Å². The standard InChI is InChI=1S/C30H30N2O9/c1-4-41-29(39)14-7-5-6-13(10-14)16-8-9-19(33)21-17(16)11-15-12-18-23(32(2)3)25(35)22(28(31)38)27(37)30(18,40)26(36)20(15)24(21)34/h5-10,15,18,23,33-34,37,40H,4,11-12H2,1-3H3,(H2,31,38)/t15-,18-,23-,30-/m0/s1. The van der Waals surface area contributed by atoms with Gasteiger partial charge in [-0.25, -0.2) is 4.79 Å². The largest absolute Gasteiger partial charge is 0.508 e. The summed E-state index contributed by atoms with van der Waals surface area (Å²) in [5.74, 6) is -7.62. The number of hydrogen-bond donors (Lipinski definition) is 5. The van der Waals surface area contributed by atoms with Gasteiger partial charge in [0.25, 0.3) is 5.91 Å². The third-order valence-electron chi connectivity index (χ3n) is 8.29. The summed E-state index contributed by atoms with van der Waals surface area (Å²) in [5.41, 5.74) is 3.53. The van der Waals surface area contributed by atoms with Gasteiger partial charge in [-0.05, 0) is 74.7 Å². The minimum absolute atomic E-state index is 0.0241. The van der Waals surface area contributed by atoms with E-state index >= 15 is 0 Å². The quantitative estimate of drug-likeness (QED) is 0.266. The van der Waals surface area contributed by atoms with Gasteiger partial charge in [0.1, 0.15) is 22.8 Å². The summed E-state index contributed by atoms with van der Waals surface area (Å²) in [5, 5.41) is 44.9. The van der Waals surface area contributed by atoms with Crippen molar-refractivity contribution in [1.82, 2.24) is 4.90 Å². The van der Waals surface area contributed by atoms with Crippen molar-refractivity contribution >= 4 is 29.2 Å². The lowest BCUT2D eigenvalue weighted by Gasteiger charge is -2.50. The van der Waals surface area contributed by atoms with Gasteiger partial charge in [0, 0.05) is 11.5 Å². The molecule has 5 rings (SSSR count). The first-order valence-electron chi connectivity index (χ1n) is 13.1. The molecular weight excluding hydrogens is 532 g/mol. The lowest BCUT2D eigenvalue weighted by atomic mass is 9.57. The molecule has 2 aromatic rings. The fraction of sp³-hybridized carbons (Fsp3) is 0.333. The normalized spacial score (nSPS) is 25.5. The van der Waals surface area contributed by atoms with Crippen LogP contribution in [0.2, 0.25) is 0 Å². The van der Waals surface area contributed by atoms with Crippen LogP contribution < -0.4 is 5.73 Å². The van der Waals surface area contributed by atoms with Crippen LogP contribution in [-0.2, 0) is 25.5 Å². The Bertz CT molecular complexity index is 1590. The van der Waals surface area contributed by atoms with Gasteiger partial charge in [0.2, 0.25) is 5.78 Å². The van der Waals surface area contributed by atoms with Crippen molar-refractivity contribution < 1.29 is 44.3 Å². The first kappa shape index (κ1) is 28.1.